The van der Waals surface area contributed by atoms with Gasteiger partial charge < -0.3 is 10.1 Å². The van der Waals surface area contributed by atoms with Gasteiger partial charge in [-0.1, -0.05) is 29.8 Å². The number of anilines is 1. The molecule has 0 saturated carbocycles. The number of methoxy groups -OCH3 is 1. The number of sulfonamides is 1. The topological polar surface area (TPSA) is 75.7 Å². The summed E-state index contributed by atoms with van der Waals surface area (Å²) in [6, 6.07) is 12.7. The summed E-state index contributed by atoms with van der Waals surface area (Å²) in [4.78, 5) is 12.5. The summed E-state index contributed by atoms with van der Waals surface area (Å²) in [5.41, 5.74) is 1.21. The van der Waals surface area contributed by atoms with Crippen molar-refractivity contribution < 1.29 is 17.9 Å². The molecular formula is C18H21ClN2O4S. The summed E-state index contributed by atoms with van der Waals surface area (Å²) in [5.74, 6) is 0.309. The van der Waals surface area contributed by atoms with Crippen molar-refractivity contribution in [2.45, 2.75) is 19.5 Å². The first-order valence-electron chi connectivity index (χ1n) is 7.88. The van der Waals surface area contributed by atoms with E-state index in [4.69, 9.17) is 16.3 Å². The molecule has 2 aromatic carbocycles. The first kappa shape index (κ1) is 20.1. The van der Waals surface area contributed by atoms with Gasteiger partial charge in [0.15, 0.2) is 0 Å². The maximum atomic E-state index is 12.5. The molecule has 1 atom stereocenters. The highest BCUT2D eigenvalue weighted by Gasteiger charge is 2.29. The highest BCUT2D eigenvalue weighted by molar-refractivity contribution is 7.92. The van der Waals surface area contributed by atoms with Crippen LogP contribution in [0.15, 0.2) is 48.5 Å². The van der Waals surface area contributed by atoms with E-state index in [1.165, 1.54) is 13.0 Å². The van der Waals surface area contributed by atoms with E-state index in [9.17, 15) is 13.2 Å². The van der Waals surface area contributed by atoms with Crippen LogP contribution < -0.4 is 14.4 Å². The molecule has 26 heavy (non-hydrogen) atoms. The van der Waals surface area contributed by atoms with Crippen LogP contribution in [-0.4, -0.2) is 33.7 Å². The van der Waals surface area contributed by atoms with E-state index < -0.39 is 22.0 Å². The van der Waals surface area contributed by atoms with Crippen LogP contribution in [0, 0.1) is 0 Å². The maximum absolute atomic E-state index is 12.5. The fourth-order valence-electron chi connectivity index (χ4n) is 2.50. The Hall–Kier alpha value is -2.25. The van der Waals surface area contributed by atoms with E-state index in [0.717, 1.165) is 21.9 Å². The number of ether oxygens (including phenoxy) is 1. The van der Waals surface area contributed by atoms with Crippen LogP contribution >= 0.6 is 11.6 Å². The van der Waals surface area contributed by atoms with E-state index in [0.29, 0.717) is 10.7 Å². The summed E-state index contributed by atoms with van der Waals surface area (Å²) in [6.07, 6.45) is 1.06. The fourth-order valence-corrected chi connectivity index (χ4v) is 3.85. The van der Waals surface area contributed by atoms with Crippen LogP contribution in [0.1, 0.15) is 12.5 Å². The van der Waals surface area contributed by atoms with Crippen molar-refractivity contribution in [1.82, 2.24) is 5.32 Å². The Bertz CT molecular complexity index is 869. The van der Waals surface area contributed by atoms with Gasteiger partial charge in [-0.2, -0.15) is 0 Å². The van der Waals surface area contributed by atoms with Gasteiger partial charge in [-0.3, -0.25) is 9.10 Å². The lowest BCUT2D eigenvalue weighted by Gasteiger charge is -2.28. The van der Waals surface area contributed by atoms with Gasteiger partial charge in [0.2, 0.25) is 15.9 Å². The normalized spacial score (nSPS) is 12.3. The van der Waals surface area contributed by atoms with Crippen molar-refractivity contribution in [3.8, 4) is 5.75 Å². The number of carbonyl (C=O) groups is 1. The minimum Gasteiger partial charge on any atom is -0.497 e. The predicted octanol–water partition coefficient (Wildman–Crippen LogP) is 2.82. The maximum Gasteiger partial charge on any atom is 0.243 e. The number of halogens is 1. The van der Waals surface area contributed by atoms with Crippen molar-refractivity contribution in [2.75, 3.05) is 17.7 Å². The van der Waals surface area contributed by atoms with E-state index in [2.05, 4.69) is 5.32 Å². The van der Waals surface area contributed by atoms with E-state index in [1.54, 1.807) is 37.4 Å². The van der Waals surface area contributed by atoms with Crippen LogP contribution in [0.5, 0.6) is 5.75 Å². The number of hydrogen-bond acceptors (Lipinski definition) is 4. The molecule has 0 radical (unpaired) electrons. The molecule has 0 aliphatic heterocycles. The molecule has 2 rings (SSSR count). The van der Waals surface area contributed by atoms with Crippen molar-refractivity contribution in [3.05, 3.63) is 59.1 Å². The number of benzene rings is 2. The molecule has 2 aromatic rings. The molecule has 0 saturated heterocycles. The molecule has 1 N–H and O–H groups in total. The van der Waals surface area contributed by atoms with Crippen molar-refractivity contribution >= 4 is 33.2 Å². The second-order valence-electron chi connectivity index (χ2n) is 5.78. The van der Waals surface area contributed by atoms with Gasteiger partial charge in [-0.15, -0.1) is 0 Å². The van der Waals surface area contributed by atoms with Crippen LogP contribution in [-0.2, 0) is 21.4 Å². The van der Waals surface area contributed by atoms with E-state index in [-0.39, 0.29) is 6.54 Å². The molecule has 8 heteroatoms. The highest BCUT2D eigenvalue weighted by Crippen LogP contribution is 2.24. The van der Waals surface area contributed by atoms with Gasteiger partial charge in [0.05, 0.1) is 19.1 Å². The van der Waals surface area contributed by atoms with Gasteiger partial charge in [-0.05, 0) is 42.8 Å². The number of carbonyl (C=O) groups excluding carboxylic acids is 1. The zero-order chi connectivity index (χ0) is 19.3. The smallest absolute Gasteiger partial charge is 0.243 e. The minimum atomic E-state index is -3.67. The van der Waals surface area contributed by atoms with Crippen LogP contribution in [0.2, 0.25) is 5.02 Å². The minimum absolute atomic E-state index is 0.278. The van der Waals surface area contributed by atoms with Gasteiger partial charge in [0.25, 0.3) is 0 Å². The number of rotatable bonds is 7. The molecule has 0 aliphatic rings. The van der Waals surface area contributed by atoms with E-state index in [1.807, 2.05) is 12.1 Å². The Morgan fingerprint density at radius 1 is 1.23 bits per heavy atom. The second-order valence-corrected chi connectivity index (χ2v) is 8.08. The molecule has 0 fully saturated rings. The lowest BCUT2D eigenvalue weighted by atomic mass is 10.2. The molecule has 0 aliphatic carbocycles. The van der Waals surface area contributed by atoms with Gasteiger partial charge in [0.1, 0.15) is 11.8 Å². The lowest BCUT2D eigenvalue weighted by Crippen LogP contribution is -2.47. The third-order valence-corrected chi connectivity index (χ3v) is 5.25. The average Bonchev–Trinajstić information content (AvgIpc) is 2.59. The Kier molecular flexibility index (Phi) is 6.50. The Balaban J connectivity index is 2.14. The van der Waals surface area contributed by atoms with Gasteiger partial charge in [-0.25, -0.2) is 8.42 Å². The van der Waals surface area contributed by atoms with E-state index >= 15 is 0 Å². The first-order valence-corrected chi connectivity index (χ1v) is 10.1. The molecule has 0 unspecified atom stereocenters. The second kappa shape index (κ2) is 8.42. The SMILES string of the molecule is COc1ccc(CNC(=O)[C@@H](C)N(c2cccc(Cl)c2)S(C)(=O)=O)cc1. The number of nitrogens with one attached hydrogen (secondary N) is 1. The summed E-state index contributed by atoms with van der Waals surface area (Å²) >= 11 is 5.96. The molecule has 0 spiro atoms. The monoisotopic (exact) mass is 396 g/mol. The molecule has 0 bridgehead atoms. The van der Waals surface area contributed by atoms with Crippen LogP contribution in [0.25, 0.3) is 0 Å². The number of hydrogen-bond donors (Lipinski definition) is 1. The summed E-state index contributed by atoms with van der Waals surface area (Å²) in [6.45, 7) is 1.81. The third-order valence-electron chi connectivity index (χ3n) is 3.78. The predicted molar refractivity (Wildman–Crippen MR) is 103 cm³/mol. The molecular weight excluding hydrogens is 376 g/mol. The van der Waals surface area contributed by atoms with Crippen molar-refractivity contribution in [2.24, 2.45) is 0 Å². The largest absolute Gasteiger partial charge is 0.497 e. The molecule has 140 valence electrons. The standard InChI is InChI=1S/C18H21ClN2O4S/c1-13(18(22)20-12-14-7-9-17(25-2)10-8-14)21(26(3,23)24)16-6-4-5-15(19)11-16/h4-11,13H,12H2,1-3H3,(H,20,22)/t13-/m1/s1. The van der Waals surface area contributed by atoms with Gasteiger partial charge >= 0.3 is 0 Å². The van der Waals surface area contributed by atoms with Crippen molar-refractivity contribution in [3.63, 3.8) is 0 Å². The zero-order valence-corrected chi connectivity index (χ0v) is 16.3. The quantitative estimate of drug-likeness (QED) is 0.780. The molecule has 6 nitrogen and oxygen atoms in total. The summed E-state index contributed by atoms with van der Waals surface area (Å²) < 4.78 is 30.6. The highest BCUT2D eigenvalue weighted by atomic mass is 35.5. The number of amides is 1. The van der Waals surface area contributed by atoms with Crippen LogP contribution in [0.4, 0.5) is 5.69 Å². The fraction of sp³-hybridized carbons (Fsp3) is 0.278. The molecule has 0 aromatic heterocycles. The molecule has 1 amide bonds. The lowest BCUT2D eigenvalue weighted by molar-refractivity contribution is -0.122. The molecule has 0 heterocycles. The first-order chi connectivity index (χ1) is 12.2. The average molecular weight is 397 g/mol. The Morgan fingerprint density at radius 2 is 1.88 bits per heavy atom. The van der Waals surface area contributed by atoms with Crippen LogP contribution in [0.3, 0.4) is 0 Å². The Morgan fingerprint density at radius 3 is 2.42 bits per heavy atom. The van der Waals surface area contributed by atoms with Gasteiger partial charge in [0, 0.05) is 11.6 Å². The van der Waals surface area contributed by atoms with Crippen molar-refractivity contribution in [1.29, 1.82) is 0 Å². The summed E-state index contributed by atoms with van der Waals surface area (Å²) in [7, 11) is -2.10. The zero-order valence-electron chi connectivity index (χ0n) is 14.8. The third kappa shape index (κ3) is 5.12. The Labute approximate surface area is 158 Å². The summed E-state index contributed by atoms with van der Waals surface area (Å²) in [5, 5.41) is 3.15. The number of nitrogens with zero attached hydrogens (tertiary/aromatic N) is 1.